The Morgan fingerprint density at radius 3 is 2.21 bits per heavy atom. The van der Waals surface area contributed by atoms with Crippen LogP contribution < -0.4 is 15.2 Å². The van der Waals surface area contributed by atoms with E-state index >= 15 is 0 Å². The van der Waals surface area contributed by atoms with Crippen molar-refractivity contribution in [1.29, 1.82) is 0 Å². The third-order valence-electron chi connectivity index (χ3n) is 4.26. The molecular formula is C16H25NO2. The Kier molecular flexibility index (Phi) is 5.08. The molecule has 0 radical (unpaired) electrons. The molecule has 1 aliphatic rings. The van der Waals surface area contributed by atoms with Crippen molar-refractivity contribution < 1.29 is 9.47 Å². The molecule has 0 bridgehead atoms. The van der Waals surface area contributed by atoms with Gasteiger partial charge in [-0.2, -0.15) is 0 Å². The molecule has 3 heteroatoms. The van der Waals surface area contributed by atoms with Crippen molar-refractivity contribution in [1.82, 2.24) is 0 Å². The molecule has 19 heavy (non-hydrogen) atoms. The van der Waals surface area contributed by atoms with Gasteiger partial charge in [-0.3, -0.25) is 0 Å². The Hall–Kier alpha value is -1.22. The van der Waals surface area contributed by atoms with Gasteiger partial charge in [-0.15, -0.1) is 0 Å². The number of rotatable bonds is 4. The van der Waals surface area contributed by atoms with Gasteiger partial charge >= 0.3 is 0 Å². The second-order valence-electron chi connectivity index (χ2n) is 5.39. The Labute approximate surface area is 116 Å². The van der Waals surface area contributed by atoms with Gasteiger partial charge in [0.15, 0.2) is 0 Å². The molecule has 1 saturated carbocycles. The molecule has 1 aromatic carbocycles. The zero-order valence-electron chi connectivity index (χ0n) is 12.0. The molecule has 1 aromatic rings. The van der Waals surface area contributed by atoms with Gasteiger partial charge in [0.25, 0.3) is 0 Å². The molecule has 0 spiro atoms. The molecule has 2 unspecified atom stereocenters. The molecule has 0 saturated heterocycles. The minimum Gasteiger partial charge on any atom is -0.497 e. The third-order valence-corrected chi connectivity index (χ3v) is 4.26. The number of nitrogens with two attached hydrogens (primary N) is 1. The summed E-state index contributed by atoms with van der Waals surface area (Å²) < 4.78 is 10.8. The SMILES string of the molecule is COc1cc(OC)cc(C2CCCCCC2CN)c1. The second-order valence-corrected chi connectivity index (χ2v) is 5.39. The van der Waals surface area contributed by atoms with Gasteiger partial charge in [-0.05, 0) is 48.9 Å². The Morgan fingerprint density at radius 1 is 1.00 bits per heavy atom. The van der Waals surface area contributed by atoms with Crippen LogP contribution >= 0.6 is 0 Å². The van der Waals surface area contributed by atoms with Crippen LogP contribution in [0.3, 0.4) is 0 Å². The predicted molar refractivity (Wildman–Crippen MR) is 77.9 cm³/mol. The molecule has 3 nitrogen and oxygen atoms in total. The molecular weight excluding hydrogens is 238 g/mol. The first kappa shape index (κ1) is 14.2. The standard InChI is InChI=1S/C16H25NO2/c1-18-14-8-13(9-15(10-14)19-2)16-7-5-3-4-6-12(16)11-17/h8-10,12,16H,3-7,11,17H2,1-2H3. The fraction of sp³-hybridized carbons (Fsp3) is 0.625. The summed E-state index contributed by atoms with van der Waals surface area (Å²) in [5, 5.41) is 0. The summed E-state index contributed by atoms with van der Waals surface area (Å²) in [6.07, 6.45) is 6.38. The minimum absolute atomic E-state index is 0.538. The van der Waals surface area contributed by atoms with Crippen LogP contribution in [-0.4, -0.2) is 20.8 Å². The van der Waals surface area contributed by atoms with Crippen molar-refractivity contribution in [3.05, 3.63) is 23.8 Å². The Morgan fingerprint density at radius 2 is 1.63 bits per heavy atom. The summed E-state index contributed by atoms with van der Waals surface area (Å²) in [6.45, 7) is 0.768. The van der Waals surface area contributed by atoms with Crippen LogP contribution in [0.4, 0.5) is 0 Å². The average Bonchev–Trinajstić information content (AvgIpc) is 2.71. The van der Waals surface area contributed by atoms with Crippen LogP contribution in [-0.2, 0) is 0 Å². The lowest BCUT2D eigenvalue weighted by molar-refractivity contribution is 0.382. The molecule has 0 amide bonds. The van der Waals surface area contributed by atoms with E-state index < -0.39 is 0 Å². The third kappa shape index (κ3) is 3.41. The first-order valence-electron chi connectivity index (χ1n) is 7.21. The van der Waals surface area contributed by atoms with Crippen molar-refractivity contribution >= 4 is 0 Å². The van der Waals surface area contributed by atoms with E-state index in [-0.39, 0.29) is 0 Å². The highest BCUT2D eigenvalue weighted by Gasteiger charge is 2.25. The van der Waals surface area contributed by atoms with Gasteiger partial charge in [0.2, 0.25) is 0 Å². The molecule has 1 fully saturated rings. The summed E-state index contributed by atoms with van der Waals surface area (Å²) in [6, 6.07) is 6.21. The lowest BCUT2D eigenvalue weighted by atomic mass is 9.82. The molecule has 2 N–H and O–H groups in total. The number of methoxy groups -OCH3 is 2. The lowest BCUT2D eigenvalue weighted by Gasteiger charge is -2.25. The molecule has 0 aromatic heterocycles. The lowest BCUT2D eigenvalue weighted by Crippen LogP contribution is -2.21. The maximum Gasteiger partial charge on any atom is 0.122 e. The first-order valence-corrected chi connectivity index (χ1v) is 7.21. The molecule has 0 heterocycles. The van der Waals surface area contributed by atoms with Gasteiger partial charge in [0.1, 0.15) is 11.5 Å². The average molecular weight is 263 g/mol. The number of hydrogen-bond donors (Lipinski definition) is 1. The van der Waals surface area contributed by atoms with E-state index in [1.807, 2.05) is 6.07 Å². The van der Waals surface area contributed by atoms with E-state index in [2.05, 4.69) is 12.1 Å². The monoisotopic (exact) mass is 263 g/mol. The first-order chi connectivity index (χ1) is 9.28. The van der Waals surface area contributed by atoms with Gasteiger partial charge in [0, 0.05) is 6.07 Å². The van der Waals surface area contributed by atoms with E-state index in [0.29, 0.717) is 11.8 Å². The van der Waals surface area contributed by atoms with Crippen molar-refractivity contribution in [2.24, 2.45) is 11.7 Å². The zero-order valence-corrected chi connectivity index (χ0v) is 12.0. The van der Waals surface area contributed by atoms with Crippen LogP contribution in [0.2, 0.25) is 0 Å². The van der Waals surface area contributed by atoms with E-state index in [4.69, 9.17) is 15.2 Å². The molecule has 106 valence electrons. The van der Waals surface area contributed by atoms with Crippen LogP contribution in [0.25, 0.3) is 0 Å². The summed E-state index contributed by atoms with van der Waals surface area (Å²) in [5.74, 6) is 2.86. The van der Waals surface area contributed by atoms with E-state index in [1.54, 1.807) is 14.2 Å². The van der Waals surface area contributed by atoms with Gasteiger partial charge in [-0.1, -0.05) is 19.3 Å². The van der Waals surface area contributed by atoms with E-state index in [0.717, 1.165) is 18.0 Å². The molecule has 2 atom stereocenters. The number of hydrogen-bond acceptors (Lipinski definition) is 3. The predicted octanol–water partition coefficient (Wildman–Crippen LogP) is 3.33. The van der Waals surface area contributed by atoms with Crippen LogP contribution in [0, 0.1) is 5.92 Å². The van der Waals surface area contributed by atoms with Crippen molar-refractivity contribution in [3.8, 4) is 11.5 Å². The highest BCUT2D eigenvalue weighted by atomic mass is 16.5. The summed E-state index contributed by atoms with van der Waals surface area (Å²) in [5.41, 5.74) is 7.29. The normalized spacial score (nSPS) is 23.7. The highest BCUT2D eigenvalue weighted by Crippen LogP contribution is 2.38. The quantitative estimate of drug-likeness (QED) is 0.847. The Balaban J connectivity index is 2.31. The fourth-order valence-corrected chi connectivity index (χ4v) is 3.15. The van der Waals surface area contributed by atoms with Crippen LogP contribution in [0.15, 0.2) is 18.2 Å². The molecule has 2 rings (SSSR count). The Bertz CT molecular complexity index is 383. The topological polar surface area (TPSA) is 44.5 Å². The van der Waals surface area contributed by atoms with Gasteiger partial charge < -0.3 is 15.2 Å². The zero-order chi connectivity index (χ0) is 13.7. The maximum absolute atomic E-state index is 5.98. The molecule has 0 aliphatic heterocycles. The van der Waals surface area contributed by atoms with Crippen molar-refractivity contribution in [2.45, 2.75) is 38.0 Å². The summed E-state index contributed by atoms with van der Waals surface area (Å²) >= 11 is 0. The van der Waals surface area contributed by atoms with E-state index in [1.165, 1.54) is 37.7 Å². The largest absolute Gasteiger partial charge is 0.497 e. The van der Waals surface area contributed by atoms with Crippen LogP contribution in [0.5, 0.6) is 11.5 Å². The summed E-state index contributed by atoms with van der Waals surface area (Å²) in [4.78, 5) is 0. The minimum atomic E-state index is 0.538. The fourth-order valence-electron chi connectivity index (χ4n) is 3.15. The van der Waals surface area contributed by atoms with Gasteiger partial charge in [-0.25, -0.2) is 0 Å². The smallest absolute Gasteiger partial charge is 0.122 e. The van der Waals surface area contributed by atoms with E-state index in [9.17, 15) is 0 Å². The number of benzene rings is 1. The highest BCUT2D eigenvalue weighted by molar-refractivity contribution is 5.40. The number of ether oxygens (including phenoxy) is 2. The van der Waals surface area contributed by atoms with Gasteiger partial charge in [0.05, 0.1) is 14.2 Å². The summed E-state index contributed by atoms with van der Waals surface area (Å²) in [7, 11) is 3.40. The molecule has 1 aliphatic carbocycles. The van der Waals surface area contributed by atoms with Crippen LogP contribution in [0.1, 0.15) is 43.6 Å². The van der Waals surface area contributed by atoms with Crippen molar-refractivity contribution in [3.63, 3.8) is 0 Å². The maximum atomic E-state index is 5.98. The second kappa shape index (κ2) is 6.80. The van der Waals surface area contributed by atoms with Crippen molar-refractivity contribution in [2.75, 3.05) is 20.8 Å².